The predicted molar refractivity (Wildman–Crippen MR) is 105 cm³/mol. The smallest absolute Gasteiger partial charge is 0.337 e. The second kappa shape index (κ2) is 8.18. The standard InChI is InChI=1S/C22H17NO5/c1-14(24)28-20-10-6-5-9-18(20)21(25)23-19-13-16(11-12-17(19)22(26)27)15-7-3-2-4-8-15/h2-13H,1H3,(H,23,25)(H,26,27). The largest absolute Gasteiger partial charge is 0.478 e. The summed E-state index contributed by atoms with van der Waals surface area (Å²) in [6.45, 7) is 1.24. The first-order valence-corrected chi connectivity index (χ1v) is 8.47. The number of rotatable bonds is 5. The molecule has 6 heteroatoms. The number of anilines is 1. The molecule has 0 saturated carbocycles. The van der Waals surface area contributed by atoms with E-state index < -0.39 is 17.8 Å². The fourth-order valence-electron chi connectivity index (χ4n) is 2.73. The molecule has 0 aliphatic carbocycles. The summed E-state index contributed by atoms with van der Waals surface area (Å²) in [5, 5.41) is 12.1. The average Bonchev–Trinajstić information content (AvgIpc) is 2.68. The summed E-state index contributed by atoms with van der Waals surface area (Å²) < 4.78 is 5.06. The van der Waals surface area contributed by atoms with E-state index in [-0.39, 0.29) is 22.6 Å². The molecular weight excluding hydrogens is 358 g/mol. The lowest BCUT2D eigenvalue weighted by Crippen LogP contribution is -2.17. The van der Waals surface area contributed by atoms with Crippen LogP contribution in [0.5, 0.6) is 5.75 Å². The molecule has 0 fully saturated rings. The summed E-state index contributed by atoms with van der Waals surface area (Å²) in [6, 6.07) is 20.4. The summed E-state index contributed by atoms with van der Waals surface area (Å²) in [5.41, 5.74) is 1.87. The first kappa shape index (κ1) is 18.8. The Morgan fingerprint density at radius 1 is 0.821 bits per heavy atom. The minimum atomic E-state index is -1.16. The number of benzene rings is 3. The Bertz CT molecular complexity index is 1040. The van der Waals surface area contributed by atoms with Crippen molar-refractivity contribution in [3.8, 4) is 16.9 Å². The van der Waals surface area contributed by atoms with Crippen molar-refractivity contribution in [3.63, 3.8) is 0 Å². The van der Waals surface area contributed by atoms with Gasteiger partial charge in [-0.1, -0.05) is 48.5 Å². The number of amides is 1. The molecule has 0 aliphatic heterocycles. The van der Waals surface area contributed by atoms with Gasteiger partial charge in [-0.3, -0.25) is 9.59 Å². The first-order valence-electron chi connectivity index (χ1n) is 8.47. The van der Waals surface area contributed by atoms with Crippen LogP contribution < -0.4 is 10.1 Å². The van der Waals surface area contributed by atoms with Crippen LogP contribution in [-0.2, 0) is 4.79 Å². The lowest BCUT2D eigenvalue weighted by atomic mass is 10.0. The number of ether oxygens (including phenoxy) is 1. The molecule has 0 spiro atoms. The molecule has 28 heavy (non-hydrogen) atoms. The number of para-hydroxylation sites is 1. The Labute approximate surface area is 161 Å². The quantitative estimate of drug-likeness (QED) is 0.514. The second-order valence-corrected chi connectivity index (χ2v) is 5.98. The van der Waals surface area contributed by atoms with Crippen LogP contribution in [0.1, 0.15) is 27.6 Å². The Balaban J connectivity index is 1.98. The molecule has 1 amide bonds. The van der Waals surface area contributed by atoms with E-state index in [2.05, 4.69) is 5.32 Å². The lowest BCUT2D eigenvalue weighted by Gasteiger charge is -2.13. The van der Waals surface area contributed by atoms with Crippen molar-refractivity contribution in [2.75, 3.05) is 5.32 Å². The minimum Gasteiger partial charge on any atom is -0.478 e. The van der Waals surface area contributed by atoms with Gasteiger partial charge in [-0.25, -0.2) is 4.79 Å². The Kier molecular flexibility index (Phi) is 5.50. The van der Waals surface area contributed by atoms with Gasteiger partial charge < -0.3 is 15.2 Å². The highest BCUT2D eigenvalue weighted by Gasteiger charge is 2.18. The van der Waals surface area contributed by atoms with Crippen LogP contribution in [0, 0.1) is 0 Å². The van der Waals surface area contributed by atoms with Gasteiger partial charge in [0.2, 0.25) is 0 Å². The SMILES string of the molecule is CC(=O)Oc1ccccc1C(=O)Nc1cc(-c2ccccc2)ccc1C(=O)O. The summed E-state index contributed by atoms with van der Waals surface area (Å²) in [4.78, 5) is 35.6. The summed E-state index contributed by atoms with van der Waals surface area (Å²) in [6.07, 6.45) is 0. The van der Waals surface area contributed by atoms with Gasteiger partial charge in [-0.15, -0.1) is 0 Å². The van der Waals surface area contributed by atoms with E-state index in [4.69, 9.17) is 4.74 Å². The van der Waals surface area contributed by atoms with Gasteiger partial charge in [0.1, 0.15) is 5.75 Å². The number of carbonyl (C=O) groups is 3. The highest BCUT2D eigenvalue weighted by atomic mass is 16.5. The van der Waals surface area contributed by atoms with Gasteiger partial charge in [0.25, 0.3) is 5.91 Å². The summed E-state index contributed by atoms with van der Waals surface area (Å²) in [7, 11) is 0. The van der Waals surface area contributed by atoms with E-state index in [1.165, 1.54) is 25.1 Å². The van der Waals surface area contributed by atoms with Crippen molar-refractivity contribution < 1.29 is 24.2 Å². The molecule has 0 radical (unpaired) electrons. The third-order valence-corrected chi connectivity index (χ3v) is 3.99. The average molecular weight is 375 g/mol. The topological polar surface area (TPSA) is 92.7 Å². The zero-order valence-corrected chi connectivity index (χ0v) is 15.0. The monoisotopic (exact) mass is 375 g/mol. The summed E-state index contributed by atoms with van der Waals surface area (Å²) >= 11 is 0. The van der Waals surface area contributed by atoms with E-state index in [0.29, 0.717) is 0 Å². The molecule has 0 unspecified atom stereocenters. The van der Waals surface area contributed by atoms with Crippen LogP contribution >= 0.6 is 0 Å². The molecule has 2 N–H and O–H groups in total. The second-order valence-electron chi connectivity index (χ2n) is 5.98. The minimum absolute atomic E-state index is 0.0435. The fourth-order valence-corrected chi connectivity index (χ4v) is 2.73. The number of esters is 1. The van der Waals surface area contributed by atoms with E-state index in [1.807, 2.05) is 30.3 Å². The van der Waals surface area contributed by atoms with E-state index >= 15 is 0 Å². The molecule has 0 atom stereocenters. The Morgan fingerprint density at radius 3 is 2.18 bits per heavy atom. The predicted octanol–water partition coefficient (Wildman–Crippen LogP) is 4.23. The number of carboxylic acids is 1. The molecule has 0 heterocycles. The van der Waals surface area contributed by atoms with Crippen LogP contribution in [0.25, 0.3) is 11.1 Å². The third kappa shape index (κ3) is 4.24. The molecule has 0 aromatic heterocycles. The number of aromatic carboxylic acids is 1. The van der Waals surface area contributed by atoms with Crippen LogP contribution in [-0.4, -0.2) is 23.0 Å². The van der Waals surface area contributed by atoms with Gasteiger partial charge in [-0.2, -0.15) is 0 Å². The molecule has 0 saturated heterocycles. The maximum atomic E-state index is 12.7. The normalized spacial score (nSPS) is 10.2. The number of nitrogens with one attached hydrogen (secondary N) is 1. The zero-order chi connectivity index (χ0) is 20.1. The third-order valence-electron chi connectivity index (χ3n) is 3.99. The molecule has 0 aliphatic rings. The van der Waals surface area contributed by atoms with Crippen molar-refractivity contribution in [3.05, 3.63) is 83.9 Å². The van der Waals surface area contributed by atoms with Gasteiger partial charge in [0.15, 0.2) is 0 Å². The van der Waals surface area contributed by atoms with Crippen molar-refractivity contribution in [2.24, 2.45) is 0 Å². The van der Waals surface area contributed by atoms with Gasteiger partial charge in [-0.05, 0) is 35.4 Å². The zero-order valence-electron chi connectivity index (χ0n) is 15.0. The molecule has 6 nitrogen and oxygen atoms in total. The molecule has 3 rings (SSSR count). The highest BCUT2D eigenvalue weighted by Crippen LogP contribution is 2.27. The molecular formula is C22H17NO5. The maximum absolute atomic E-state index is 12.7. The number of hydrogen-bond acceptors (Lipinski definition) is 4. The van der Waals surface area contributed by atoms with Gasteiger partial charge in [0, 0.05) is 6.92 Å². The number of carboxylic acid groups (broad SMARTS) is 1. The van der Waals surface area contributed by atoms with Crippen LogP contribution in [0.15, 0.2) is 72.8 Å². The van der Waals surface area contributed by atoms with Crippen molar-refractivity contribution in [1.82, 2.24) is 0 Å². The van der Waals surface area contributed by atoms with Crippen molar-refractivity contribution >= 4 is 23.5 Å². The maximum Gasteiger partial charge on any atom is 0.337 e. The van der Waals surface area contributed by atoms with Crippen LogP contribution in [0.2, 0.25) is 0 Å². The molecule has 0 bridgehead atoms. The molecule has 3 aromatic rings. The van der Waals surface area contributed by atoms with E-state index in [9.17, 15) is 19.5 Å². The molecule has 140 valence electrons. The fraction of sp³-hybridized carbons (Fsp3) is 0.0455. The van der Waals surface area contributed by atoms with Crippen molar-refractivity contribution in [1.29, 1.82) is 0 Å². The number of carbonyl (C=O) groups excluding carboxylic acids is 2. The highest BCUT2D eigenvalue weighted by molar-refractivity contribution is 6.09. The van der Waals surface area contributed by atoms with Crippen LogP contribution in [0.3, 0.4) is 0 Å². The van der Waals surface area contributed by atoms with E-state index in [0.717, 1.165) is 11.1 Å². The Hall–Kier alpha value is -3.93. The van der Waals surface area contributed by atoms with E-state index in [1.54, 1.807) is 24.3 Å². The van der Waals surface area contributed by atoms with Crippen molar-refractivity contribution in [2.45, 2.75) is 6.92 Å². The summed E-state index contributed by atoms with van der Waals surface area (Å²) in [5.74, 6) is -2.20. The number of hydrogen-bond donors (Lipinski definition) is 2. The van der Waals surface area contributed by atoms with Crippen LogP contribution in [0.4, 0.5) is 5.69 Å². The van der Waals surface area contributed by atoms with Gasteiger partial charge in [0.05, 0.1) is 16.8 Å². The molecule has 3 aromatic carbocycles. The Morgan fingerprint density at radius 2 is 1.50 bits per heavy atom. The first-order chi connectivity index (χ1) is 13.5. The van der Waals surface area contributed by atoms with Gasteiger partial charge >= 0.3 is 11.9 Å². The lowest BCUT2D eigenvalue weighted by molar-refractivity contribution is -0.131.